The average Bonchev–Trinajstić information content (AvgIpc) is 2.02. The quantitative estimate of drug-likeness (QED) is 0.536. The van der Waals surface area contributed by atoms with E-state index in [2.05, 4.69) is 13.2 Å². The van der Waals surface area contributed by atoms with Gasteiger partial charge in [0.2, 0.25) is 0 Å². The first-order chi connectivity index (χ1) is 5.90. The fourth-order valence-corrected chi connectivity index (χ4v) is 0.189. The molecule has 0 aliphatic carbocycles. The third kappa shape index (κ3) is 25.2. The standard InChI is InChI=1S/C5H6O3.C5H8/c1-4(6)2-3-5(7)8;1-4-5(2)3/h2-3H,1H3,(H,7,8);4H,1-2H2,3H3/b3-2+;. The van der Waals surface area contributed by atoms with E-state index < -0.39 is 5.97 Å². The second kappa shape index (κ2) is 8.46. The lowest BCUT2D eigenvalue weighted by Gasteiger charge is -1.74. The SMILES string of the molecule is C=CC(=C)C.CC(=O)/C=C/C(=O)O. The number of aliphatic carboxylic acids is 1. The molecule has 0 amide bonds. The number of ketones is 1. The van der Waals surface area contributed by atoms with Crippen molar-refractivity contribution in [3.05, 3.63) is 37.0 Å². The van der Waals surface area contributed by atoms with Crippen LogP contribution >= 0.6 is 0 Å². The van der Waals surface area contributed by atoms with Crippen molar-refractivity contribution in [2.45, 2.75) is 13.8 Å². The fraction of sp³-hybridized carbons (Fsp3) is 0.200. The lowest BCUT2D eigenvalue weighted by molar-refractivity contribution is -0.131. The smallest absolute Gasteiger partial charge is 0.328 e. The van der Waals surface area contributed by atoms with Crippen molar-refractivity contribution in [3.63, 3.8) is 0 Å². The lowest BCUT2D eigenvalue weighted by atomic mass is 10.4. The van der Waals surface area contributed by atoms with Crippen LogP contribution in [0.5, 0.6) is 0 Å². The molecule has 0 unspecified atom stereocenters. The maximum atomic E-state index is 10.00. The molecule has 0 aromatic heterocycles. The van der Waals surface area contributed by atoms with E-state index in [-0.39, 0.29) is 5.78 Å². The Kier molecular flexibility index (Phi) is 9.05. The van der Waals surface area contributed by atoms with Gasteiger partial charge in [-0.2, -0.15) is 0 Å². The Labute approximate surface area is 78.1 Å². The molecule has 72 valence electrons. The zero-order valence-electron chi connectivity index (χ0n) is 7.91. The summed E-state index contributed by atoms with van der Waals surface area (Å²) in [5.74, 6) is -1.35. The summed E-state index contributed by atoms with van der Waals surface area (Å²) in [6.07, 6.45) is 3.53. The minimum atomic E-state index is -1.10. The number of allylic oxidation sites excluding steroid dienone is 3. The fourth-order valence-electron chi connectivity index (χ4n) is 0.189. The van der Waals surface area contributed by atoms with E-state index in [9.17, 15) is 9.59 Å². The largest absolute Gasteiger partial charge is 0.478 e. The molecular weight excluding hydrogens is 168 g/mol. The molecule has 0 fully saturated rings. The maximum Gasteiger partial charge on any atom is 0.328 e. The summed E-state index contributed by atoms with van der Waals surface area (Å²) in [7, 11) is 0. The van der Waals surface area contributed by atoms with Gasteiger partial charge >= 0.3 is 5.97 Å². The topological polar surface area (TPSA) is 54.4 Å². The lowest BCUT2D eigenvalue weighted by Crippen LogP contribution is -1.89. The van der Waals surface area contributed by atoms with Crippen LogP contribution in [0.3, 0.4) is 0 Å². The van der Waals surface area contributed by atoms with Crippen molar-refractivity contribution >= 4 is 11.8 Å². The van der Waals surface area contributed by atoms with E-state index in [4.69, 9.17) is 5.11 Å². The Morgan fingerprint density at radius 2 is 1.62 bits per heavy atom. The van der Waals surface area contributed by atoms with Crippen LogP contribution in [0.25, 0.3) is 0 Å². The predicted octanol–water partition coefficient (Wildman–Crippen LogP) is 1.96. The van der Waals surface area contributed by atoms with Gasteiger partial charge in [-0.15, -0.1) is 0 Å². The summed E-state index contributed by atoms with van der Waals surface area (Å²) in [6, 6.07) is 0. The molecule has 0 aromatic rings. The van der Waals surface area contributed by atoms with E-state index in [0.29, 0.717) is 0 Å². The van der Waals surface area contributed by atoms with Crippen LogP contribution in [-0.4, -0.2) is 16.9 Å². The molecule has 0 saturated carbocycles. The zero-order valence-corrected chi connectivity index (χ0v) is 7.91. The highest BCUT2D eigenvalue weighted by atomic mass is 16.4. The van der Waals surface area contributed by atoms with Crippen LogP contribution in [-0.2, 0) is 9.59 Å². The molecule has 0 saturated heterocycles. The molecule has 0 bridgehead atoms. The van der Waals surface area contributed by atoms with Crippen LogP contribution in [0.15, 0.2) is 37.0 Å². The number of carboxylic acids is 1. The summed E-state index contributed by atoms with van der Waals surface area (Å²) < 4.78 is 0. The Morgan fingerprint density at radius 3 is 1.69 bits per heavy atom. The number of carbonyl (C=O) groups is 2. The van der Waals surface area contributed by atoms with Gasteiger partial charge in [-0.25, -0.2) is 4.79 Å². The molecule has 3 nitrogen and oxygen atoms in total. The van der Waals surface area contributed by atoms with Crippen LogP contribution in [0, 0.1) is 0 Å². The highest BCUT2D eigenvalue weighted by Gasteiger charge is 1.85. The van der Waals surface area contributed by atoms with E-state index in [1.165, 1.54) is 6.92 Å². The van der Waals surface area contributed by atoms with Gasteiger partial charge in [0.15, 0.2) is 5.78 Å². The Morgan fingerprint density at radius 1 is 1.23 bits per heavy atom. The molecule has 0 aromatic carbocycles. The van der Waals surface area contributed by atoms with Crippen LogP contribution in [0.4, 0.5) is 0 Å². The van der Waals surface area contributed by atoms with Crippen molar-refractivity contribution in [3.8, 4) is 0 Å². The van der Waals surface area contributed by atoms with Crippen molar-refractivity contribution in [1.82, 2.24) is 0 Å². The van der Waals surface area contributed by atoms with Crippen LogP contribution < -0.4 is 0 Å². The molecule has 13 heavy (non-hydrogen) atoms. The van der Waals surface area contributed by atoms with Gasteiger partial charge in [0.1, 0.15) is 0 Å². The van der Waals surface area contributed by atoms with Crippen molar-refractivity contribution < 1.29 is 14.7 Å². The first-order valence-corrected chi connectivity index (χ1v) is 3.59. The highest BCUT2D eigenvalue weighted by Crippen LogP contribution is 1.81. The average molecular weight is 182 g/mol. The molecular formula is C10H14O3. The third-order valence-electron chi connectivity index (χ3n) is 0.809. The Bertz CT molecular complexity index is 221. The number of hydrogen-bond acceptors (Lipinski definition) is 2. The second-order valence-corrected chi connectivity index (χ2v) is 2.33. The minimum absolute atomic E-state index is 0.257. The summed E-state index contributed by atoms with van der Waals surface area (Å²) in [5.41, 5.74) is 1.02. The number of carbonyl (C=O) groups excluding carboxylic acids is 1. The second-order valence-electron chi connectivity index (χ2n) is 2.33. The highest BCUT2D eigenvalue weighted by molar-refractivity contribution is 5.93. The summed E-state index contributed by atoms with van der Waals surface area (Å²) in [4.78, 5) is 19.7. The number of carboxylic acid groups (broad SMARTS) is 1. The van der Waals surface area contributed by atoms with Gasteiger partial charge in [0.25, 0.3) is 0 Å². The van der Waals surface area contributed by atoms with E-state index in [1.807, 2.05) is 6.92 Å². The summed E-state index contributed by atoms with van der Waals surface area (Å²) >= 11 is 0. The molecule has 0 radical (unpaired) electrons. The summed E-state index contributed by atoms with van der Waals surface area (Å²) in [6.45, 7) is 10.2. The molecule has 0 spiro atoms. The minimum Gasteiger partial charge on any atom is -0.478 e. The maximum absolute atomic E-state index is 10.00. The van der Waals surface area contributed by atoms with Crippen LogP contribution in [0.2, 0.25) is 0 Å². The number of rotatable bonds is 3. The zero-order chi connectivity index (χ0) is 10.9. The Hall–Kier alpha value is -1.64. The predicted molar refractivity (Wildman–Crippen MR) is 52.5 cm³/mol. The molecule has 1 N–H and O–H groups in total. The molecule has 0 atom stereocenters. The van der Waals surface area contributed by atoms with Gasteiger partial charge in [0, 0.05) is 6.08 Å². The first-order valence-electron chi connectivity index (χ1n) is 3.59. The molecule has 0 heterocycles. The normalized spacial score (nSPS) is 8.46. The van der Waals surface area contributed by atoms with Crippen molar-refractivity contribution in [2.75, 3.05) is 0 Å². The van der Waals surface area contributed by atoms with Crippen LogP contribution in [0.1, 0.15) is 13.8 Å². The van der Waals surface area contributed by atoms with E-state index in [0.717, 1.165) is 17.7 Å². The van der Waals surface area contributed by atoms with E-state index in [1.54, 1.807) is 6.08 Å². The van der Waals surface area contributed by atoms with Gasteiger partial charge in [0.05, 0.1) is 0 Å². The Balaban J connectivity index is 0. The first kappa shape index (κ1) is 13.9. The molecule has 3 heteroatoms. The third-order valence-corrected chi connectivity index (χ3v) is 0.809. The molecule has 0 rings (SSSR count). The van der Waals surface area contributed by atoms with Gasteiger partial charge in [-0.1, -0.05) is 24.8 Å². The van der Waals surface area contributed by atoms with Crippen molar-refractivity contribution in [2.24, 2.45) is 0 Å². The number of hydrogen-bond donors (Lipinski definition) is 1. The van der Waals surface area contributed by atoms with Crippen molar-refractivity contribution in [1.29, 1.82) is 0 Å². The molecule has 0 aliphatic heterocycles. The van der Waals surface area contributed by atoms with Gasteiger partial charge in [-0.05, 0) is 19.9 Å². The summed E-state index contributed by atoms with van der Waals surface area (Å²) in [5, 5.41) is 7.92. The monoisotopic (exact) mass is 182 g/mol. The van der Waals surface area contributed by atoms with E-state index >= 15 is 0 Å². The van der Waals surface area contributed by atoms with Gasteiger partial charge < -0.3 is 5.11 Å². The molecule has 0 aliphatic rings. The van der Waals surface area contributed by atoms with Gasteiger partial charge in [-0.3, -0.25) is 4.79 Å².